The molecule has 4 heteroatoms. The molecular weight excluding hydrogens is 300 g/mol. The number of aromatic nitrogens is 1. The second-order valence-electron chi connectivity index (χ2n) is 6.43. The molecule has 24 heavy (non-hydrogen) atoms. The number of aromatic hydroxyl groups is 1. The number of pyridine rings is 1. The first kappa shape index (κ1) is 18.3. The summed E-state index contributed by atoms with van der Waals surface area (Å²) in [6.45, 7) is 4.53. The van der Waals surface area contributed by atoms with E-state index in [4.69, 9.17) is 0 Å². The summed E-state index contributed by atoms with van der Waals surface area (Å²) >= 11 is 0. The lowest BCUT2D eigenvalue weighted by Crippen LogP contribution is -2.22. The lowest BCUT2D eigenvalue weighted by Gasteiger charge is -2.20. The molecule has 0 aliphatic carbocycles. The van der Waals surface area contributed by atoms with Gasteiger partial charge in [-0.25, -0.2) is 0 Å². The minimum atomic E-state index is -0.303. The van der Waals surface area contributed by atoms with E-state index < -0.39 is 0 Å². The van der Waals surface area contributed by atoms with Gasteiger partial charge in [0.2, 0.25) is 5.43 Å². The van der Waals surface area contributed by atoms with Crippen LogP contribution in [0.5, 0.6) is 5.75 Å². The predicted molar refractivity (Wildman–Crippen MR) is 98.1 cm³/mol. The molecule has 2 aromatic rings. The van der Waals surface area contributed by atoms with Crippen LogP contribution in [0.15, 0.2) is 47.4 Å². The second-order valence-corrected chi connectivity index (χ2v) is 6.43. The molecule has 1 N–H and O–H groups in total. The summed E-state index contributed by atoms with van der Waals surface area (Å²) in [6.07, 6.45) is 6.23. The number of rotatable bonds is 9. The first-order valence-corrected chi connectivity index (χ1v) is 8.75. The van der Waals surface area contributed by atoms with Crippen LogP contribution in [0.25, 0.3) is 0 Å². The molecule has 2 rings (SSSR count). The third-order valence-electron chi connectivity index (χ3n) is 4.18. The first-order chi connectivity index (χ1) is 11.6. The van der Waals surface area contributed by atoms with Gasteiger partial charge in [-0.05, 0) is 19.0 Å². The van der Waals surface area contributed by atoms with Crippen molar-refractivity contribution in [1.82, 2.24) is 9.47 Å². The largest absolute Gasteiger partial charge is 0.503 e. The molecule has 0 atom stereocenters. The summed E-state index contributed by atoms with van der Waals surface area (Å²) < 4.78 is 2.02. The van der Waals surface area contributed by atoms with Crippen LogP contribution in [-0.2, 0) is 19.6 Å². The molecule has 1 heterocycles. The zero-order valence-corrected chi connectivity index (χ0v) is 14.7. The van der Waals surface area contributed by atoms with E-state index in [9.17, 15) is 9.90 Å². The van der Waals surface area contributed by atoms with E-state index in [1.54, 1.807) is 12.3 Å². The fourth-order valence-corrected chi connectivity index (χ4v) is 2.88. The van der Waals surface area contributed by atoms with Crippen LogP contribution < -0.4 is 5.43 Å². The Kier molecular flexibility index (Phi) is 7.07. The van der Waals surface area contributed by atoms with Crippen molar-refractivity contribution < 1.29 is 5.11 Å². The Bertz CT molecular complexity index is 680. The van der Waals surface area contributed by atoms with Crippen LogP contribution in [0, 0.1) is 0 Å². The predicted octanol–water partition coefficient (Wildman–Crippen LogP) is 3.77. The Morgan fingerprint density at radius 2 is 1.83 bits per heavy atom. The van der Waals surface area contributed by atoms with E-state index >= 15 is 0 Å². The highest BCUT2D eigenvalue weighted by molar-refractivity contribution is 5.21. The van der Waals surface area contributed by atoms with Crippen LogP contribution in [0.4, 0.5) is 0 Å². The van der Waals surface area contributed by atoms with Gasteiger partial charge in [0.15, 0.2) is 5.75 Å². The van der Waals surface area contributed by atoms with E-state index in [-0.39, 0.29) is 11.2 Å². The molecule has 1 aromatic carbocycles. The zero-order chi connectivity index (χ0) is 17.4. The van der Waals surface area contributed by atoms with Gasteiger partial charge in [-0.15, -0.1) is 0 Å². The molecule has 1 aromatic heterocycles. The van der Waals surface area contributed by atoms with Crippen molar-refractivity contribution in [3.63, 3.8) is 0 Å². The van der Waals surface area contributed by atoms with Gasteiger partial charge < -0.3 is 9.67 Å². The van der Waals surface area contributed by atoms with Crippen LogP contribution in [0.3, 0.4) is 0 Å². The molecule has 0 unspecified atom stereocenters. The van der Waals surface area contributed by atoms with Crippen molar-refractivity contribution in [1.29, 1.82) is 0 Å². The highest BCUT2D eigenvalue weighted by atomic mass is 16.3. The van der Waals surface area contributed by atoms with E-state index in [0.29, 0.717) is 6.54 Å². The lowest BCUT2D eigenvalue weighted by molar-refractivity contribution is 0.306. The van der Waals surface area contributed by atoms with Crippen LogP contribution in [0.2, 0.25) is 0 Å². The maximum atomic E-state index is 11.8. The normalized spacial score (nSPS) is 11.1. The average Bonchev–Trinajstić information content (AvgIpc) is 2.56. The fourth-order valence-electron chi connectivity index (χ4n) is 2.88. The molecule has 0 saturated carbocycles. The van der Waals surface area contributed by atoms with Crippen LogP contribution in [0.1, 0.15) is 43.9 Å². The zero-order valence-electron chi connectivity index (χ0n) is 14.7. The Morgan fingerprint density at radius 3 is 2.54 bits per heavy atom. The molecular formula is C20H28N2O2. The van der Waals surface area contributed by atoms with Crippen molar-refractivity contribution in [3.05, 3.63) is 64.1 Å². The quantitative estimate of drug-likeness (QED) is 0.713. The van der Waals surface area contributed by atoms with E-state index in [0.717, 1.165) is 25.2 Å². The van der Waals surface area contributed by atoms with Crippen molar-refractivity contribution in [2.45, 2.75) is 52.2 Å². The minimum Gasteiger partial charge on any atom is -0.503 e. The third kappa shape index (κ3) is 5.53. The van der Waals surface area contributed by atoms with E-state index in [1.165, 1.54) is 24.8 Å². The molecule has 0 saturated heterocycles. The molecule has 4 nitrogen and oxygen atoms in total. The highest BCUT2D eigenvalue weighted by Gasteiger charge is 2.09. The van der Waals surface area contributed by atoms with Gasteiger partial charge >= 0.3 is 0 Å². The maximum absolute atomic E-state index is 11.8. The van der Waals surface area contributed by atoms with Crippen molar-refractivity contribution >= 4 is 0 Å². The fraction of sp³-hybridized carbons (Fsp3) is 0.450. The monoisotopic (exact) mass is 328 g/mol. The molecule has 0 aliphatic rings. The summed E-state index contributed by atoms with van der Waals surface area (Å²) in [6, 6.07) is 11.9. The Hall–Kier alpha value is -2.07. The second kappa shape index (κ2) is 9.28. The van der Waals surface area contributed by atoms with E-state index in [1.807, 2.05) is 29.8 Å². The van der Waals surface area contributed by atoms with Crippen LogP contribution in [-0.4, -0.2) is 21.6 Å². The van der Waals surface area contributed by atoms with Crippen LogP contribution >= 0.6 is 0 Å². The Labute approximate surface area is 144 Å². The van der Waals surface area contributed by atoms with Gasteiger partial charge in [-0.1, -0.05) is 56.5 Å². The van der Waals surface area contributed by atoms with Gasteiger partial charge in [0.1, 0.15) is 0 Å². The first-order valence-electron chi connectivity index (χ1n) is 8.75. The van der Waals surface area contributed by atoms with E-state index in [2.05, 4.69) is 24.0 Å². The summed E-state index contributed by atoms with van der Waals surface area (Å²) in [5, 5.41) is 9.75. The summed E-state index contributed by atoms with van der Waals surface area (Å²) in [7, 11) is 2.05. The number of aryl methyl sites for hydroxylation is 1. The van der Waals surface area contributed by atoms with Gasteiger partial charge in [0.05, 0.1) is 6.20 Å². The van der Waals surface area contributed by atoms with Gasteiger partial charge in [0.25, 0.3) is 0 Å². The standard InChI is InChI=1S/C20H28N2O2/c1-3-4-5-9-12-22-16-20(24)19(23)13-18(22)15-21(2)14-17-10-7-6-8-11-17/h6-8,10-11,13,16,24H,3-5,9,12,14-15H2,1-2H3. The van der Waals surface area contributed by atoms with Gasteiger partial charge in [-0.3, -0.25) is 9.69 Å². The summed E-state index contributed by atoms with van der Waals surface area (Å²) in [5.74, 6) is -0.167. The third-order valence-corrected chi connectivity index (χ3v) is 4.18. The summed E-state index contributed by atoms with van der Waals surface area (Å²) in [5.41, 5.74) is 1.89. The maximum Gasteiger partial charge on any atom is 0.223 e. The Balaban J connectivity index is 2.06. The van der Waals surface area contributed by atoms with Gasteiger partial charge in [0, 0.05) is 31.4 Å². The molecule has 130 valence electrons. The smallest absolute Gasteiger partial charge is 0.223 e. The SMILES string of the molecule is CCCCCCn1cc(O)c(=O)cc1CN(C)Cc1ccccc1. The highest BCUT2D eigenvalue weighted by Crippen LogP contribution is 2.12. The lowest BCUT2D eigenvalue weighted by atomic mass is 10.2. The van der Waals surface area contributed by atoms with Crippen molar-refractivity contribution in [3.8, 4) is 5.75 Å². The molecule has 0 radical (unpaired) electrons. The summed E-state index contributed by atoms with van der Waals surface area (Å²) in [4.78, 5) is 14.0. The molecule has 0 bridgehead atoms. The molecule has 0 amide bonds. The number of nitrogens with zero attached hydrogens (tertiary/aromatic N) is 2. The number of hydrogen-bond donors (Lipinski definition) is 1. The van der Waals surface area contributed by atoms with Crippen molar-refractivity contribution in [2.24, 2.45) is 0 Å². The number of hydrogen-bond acceptors (Lipinski definition) is 3. The Morgan fingerprint density at radius 1 is 1.08 bits per heavy atom. The minimum absolute atomic E-state index is 0.167. The number of benzene rings is 1. The van der Waals surface area contributed by atoms with Gasteiger partial charge in [-0.2, -0.15) is 0 Å². The van der Waals surface area contributed by atoms with Crippen molar-refractivity contribution in [2.75, 3.05) is 7.05 Å². The number of unbranched alkanes of at least 4 members (excludes halogenated alkanes) is 3. The molecule has 0 spiro atoms. The molecule has 0 aliphatic heterocycles. The average molecular weight is 328 g/mol. The topological polar surface area (TPSA) is 45.5 Å². The molecule has 0 fully saturated rings.